The number of hydrogen-bond donors (Lipinski definition) is 1. The smallest absolute Gasteiger partial charge is 0.220 e. The number of hydrogen-bond acceptors (Lipinski definition) is 3. The Morgan fingerprint density at radius 2 is 2.13 bits per heavy atom. The summed E-state index contributed by atoms with van der Waals surface area (Å²) in [6, 6.07) is 0. The van der Waals surface area contributed by atoms with Gasteiger partial charge in [0.2, 0.25) is 5.91 Å². The third-order valence-corrected chi connectivity index (χ3v) is 2.94. The normalized spacial score (nSPS) is 19.1. The van der Waals surface area contributed by atoms with Crippen molar-refractivity contribution in [2.24, 2.45) is 5.92 Å². The molecule has 15 heavy (non-hydrogen) atoms. The fraction of sp³-hybridized carbons (Fsp3) is 0.909. The SMILES string of the molecule is COCCNC(=O)CC1CCN(C)CC1. The Kier molecular flexibility index (Phi) is 5.65. The van der Waals surface area contributed by atoms with Crippen LogP contribution in [0.1, 0.15) is 19.3 Å². The van der Waals surface area contributed by atoms with Gasteiger partial charge >= 0.3 is 0 Å². The van der Waals surface area contributed by atoms with Crippen LogP contribution in [0.25, 0.3) is 0 Å². The van der Waals surface area contributed by atoms with Gasteiger partial charge in [-0.1, -0.05) is 0 Å². The summed E-state index contributed by atoms with van der Waals surface area (Å²) in [5.74, 6) is 0.741. The molecule has 1 amide bonds. The fourth-order valence-corrected chi connectivity index (χ4v) is 1.89. The number of carbonyl (C=O) groups is 1. The number of ether oxygens (including phenoxy) is 1. The monoisotopic (exact) mass is 214 g/mol. The van der Waals surface area contributed by atoms with Crippen LogP contribution in [0.2, 0.25) is 0 Å². The van der Waals surface area contributed by atoms with Gasteiger partial charge in [-0.2, -0.15) is 0 Å². The maximum Gasteiger partial charge on any atom is 0.220 e. The van der Waals surface area contributed by atoms with Crippen LogP contribution in [-0.4, -0.2) is 51.2 Å². The quantitative estimate of drug-likeness (QED) is 0.677. The highest BCUT2D eigenvalue weighted by molar-refractivity contribution is 5.76. The van der Waals surface area contributed by atoms with Crippen molar-refractivity contribution >= 4 is 5.91 Å². The standard InChI is InChI=1S/C11H22N2O2/c1-13-6-3-10(4-7-13)9-11(14)12-5-8-15-2/h10H,3-9H2,1-2H3,(H,12,14). The zero-order chi connectivity index (χ0) is 11.1. The molecule has 0 radical (unpaired) electrons. The molecule has 1 fully saturated rings. The Morgan fingerprint density at radius 3 is 2.73 bits per heavy atom. The lowest BCUT2D eigenvalue weighted by molar-refractivity contribution is -0.122. The summed E-state index contributed by atoms with van der Waals surface area (Å²) in [5, 5.41) is 2.86. The number of nitrogens with one attached hydrogen (secondary N) is 1. The van der Waals surface area contributed by atoms with Crippen LogP contribution < -0.4 is 5.32 Å². The molecular weight excluding hydrogens is 192 g/mol. The van der Waals surface area contributed by atoms with Gasteiger partial charge < -0.3 is 15.0 Å². The molecule has 4 nitrogen and oxygen atoms in total. The van der Waals surface area contributed by atoms with Gasteiger partial charge in [-0.25, -0.2) is 0 Å². The zero-order valence-corrected chi connectivity index (χ0v) is 9.79. The largest absolute Gasteiger partial charge is 0.383 e. The van der Waals surface area contributed by atoms with E-state index in [1.54, 1.807) is 7.11 Å². The second-order valence-electron chi connectivity index (χ2n) is 4.29. The summed E-state index contributed by atoms with van der Waals surface area (Å²) < 4.78 is 4.87. The molecule has 1 aliphatic rings. The van der Waals surface area contributed by atoms with Gasteiger partial charge in [0.25, 0.3) is 0 Å². The Bertz CT molecular complexity index is 189. The van der Waals surface area contributed by atoms with E-state index in [-0.39, 0.29) is 5.91 Å². The van der Waals surface area contributed by atoms with Gasteiger partial charge in [-0.15, -0.1) is 0 Å². The van der Waals surface area contributed by atoms with E-state index in [0.717, 1.165) is 25.9 Å². The second-order valence-corrected chi connectivity index (χ2v) is 4.29. The average Bonchev–Trinajstić information content (AvgIpc) is 2.22. The van der Waals surface area contributed by atoms with Crippen molar-refractivity contribution in [1.82, 2.24) is 10.2 Å². The molecule has 0 aromatic carbocycles. The topological polar surface area (TPSA) is 41.6 Å². The van der Waals surface area contributed by atoms with Crippen molar-refractivity contribution in [3.8, 4) is 0 Å². The van der Waals surface area contributed by atoms with Gasteiger partial charge in [0.15, 0.2) is 0 Å². The molecule has 0 aromatic rings. The molecule has 1 aliphatic heterocycles. The molecule has 1 heterocycles. The molecular formula is C11H22N2O2. The van der Waals surface area contributed by atoms with E-state index in [2.05, 4.69) is 17.3 Å². The molecule has 88 valence electrons. The van der Waals surface area contributed by atoms with Crippen molar-refractivity contribution < 1.29 is 9.53 Å². The number of likely N-dealkylation sites (tertiary alicyclic amines) is 1. The van der Waals surface area contributed by atoms with Crippen LogP contribution in [0.5, 0.6) is 0 Å². The first-order valence-corrected chi connectivity index (χ1v) is 5.66. The van der Waals surface area contributed by atoms with Crippen LogP contribution in [0.4, 0.5) is 0 Å². The van der Waals surface area contributed by atoms with E-state index in [0.29, 0.717) is 25.5 Å². The highest BCUT2D eigenvalue weighted by atomic mass is 16.5. The van der Waals surface area contributed by atoms with Crippen molar-refractivity contribution in [2.75, 3.05) is 40.4 Å². The van der Waals surface area contributed by atoms with E-state index in [4.69, 9.17) is 4.74 Å². The highest BCUT2D eigenvalue weighted by Crippen LogP contribution is 2.18. The number of rotatable bonds is 5. The highest BCUT2D eigenvalue weighted by Gasteiger charge is 2.18. The molecule has 0 atom stereocenters. The number of nitrogens with zero attached hydrogens (tertiary/aromatic N) is 1. The number of piperidine rings is 1. The molecule has 0 spiro atoms. The minimum absolute atomic E-state index is 0.168. The Hall–Kier alpha value is -0.610. The number of methoxy groups -OCH3 is 1. The van der Waals surface area contributed by atoms with E-state index < -0.39 is 0 Å². The lowest BCUT2D eigenvalue weighted by Crippen LogP contribution is -2.34. The van der Waals surface area contributed by atoms with Crippen molar-refractivity contribution in [1.29, 1.82) is 0 Å². The number of carbonyl (C=O) groups excluding carboxylic acids is 1. The maximum absolute atomic E-state index is 11.5. The van der Waals surface area contributed by atoms with Crippen LogP contribution in [-0.2, 0) is 9.53 Å². The van der Waals surface area contributed by atoms with Gasteiger partial charge in [0, 0.05) is 20.1 Å². The molecule has 1 N–H and O–H groups in total. The van der Waals surface area contributed by atoms with E-state index >= 15 is 0 Å². The van der Waals surface area contributed by atoms with Crippen LogP contribution in [0, 0.1) is 5.92 Å². The summed E-state index contributed by atoms with van der Waals surface area (Å²) in [5.41, 5.74) is 0. The average molecular weight is 214 g/mol. The van der Waals surface area contributed by atoms with Gasteiger partial charge in [-0.05, 0) is 38.9 Å². The summed E-state index contributed by atoms with van der Waals surface area (Å²) >= 11 is 0. The van der Waals surface area contributed by atoms with E-state index in [1.165, 1.54) is 0 Å². The Balaban J connectivity index is 2.09. The van der Waals surface area contributed by atoms with Gasteiger partial charge in [0.05, 0.1) is 6.61 Å². The van der Waals surface area contributed by atoms with E-state index in [1.807, 2.05) is 0 Å². The van der Waals surface area contributed by atoms with Crippen molar-refractivity contribution in [3.05, 3.63) is 0 Å². The molecule has 0 aromatic heterocycles. The minimum atomic E-state index is 0.168. The van der Waals surface area contributed by atoms with Crippen LogP contribution in [0.15, 0.2) is 0 Å². The van der Waals surface area contributed by atoms with Crippen molar-refractivity contribution in [2.45, 2.75) is 19.3 Å². The third kappa shape index (κ3) is 5.14. The Labute approximate surface area is 92.0 Å². The Morgan fingerprint density at radius 1 is 1.47 bits per heavy atom. The predicted octanol–water partition coefficient (Wildman–Crippen LogP) is 0.481. The van der Waals surface area contributed by atoms with Gasteiger partial charge in [-0.3, -0.25) is 4.79 Å². The molecule has 0 unspecified atom stereocenters. The molecule has 1 rings (SSSR count). The van der Waals surface area contributed by atoms with Crippen LogP contribution in [0.3, 0.4) is 0 Å². The summed E-state index contributed by atoms with van der Waals surface area (Å²) in [6.07, 6.45) is 2.97. The lowest BCUT2D eigenvalue weighted by Gasteiger charge is -2.28. The lowest BCUT2D eigenvalue weighted by atomic mass is 9.93. The first-order valence-electron chi connectivity index (χ1n) is 5.66. The number of amides is 1. The molecule has 1 saturated heterocycles. The van der Waals surface area contributed by atoms with Gasteiger partial charge in [0.1, 0.15) is 0 Å². The summed E-state index contributed by atoms with van der Waals surface area (Å²) in [7, 11) is 3.78. The molecule has 4 heteroatoms. The molecule has 0 bridgehead atoms. The minimum Gasteiger partial charge on any atom is -0.383 e. The summed E-state index contributed by atoms with van der Waals surface area (Å²) in [4.78, 5) is 13.8. The zero-order valence-electron chi connectivity index (χ0n) is 9.79. The second kappa shape index (κ2) is 6.80. The maximum atomic E-state index is 11.5. The summed E-state index contributed by atoms with van der Waals surface area (Å²) in [6.45, 7) is 3.47. The first kappa shape index (κ1) is 12.5. The third-order valence-electron chi connectivity index (χ3n) is 2.94. The first-order chi connectivity index (χ1) is 7.22. The molecule has 0 aliphatic carbocycles. The fourth-order valence-electron chi connectivity index (χ4n) is 1.89. The predicted molar refractivity (Wildman–Crippen MR) is 59.7 cm³/mol. The van der Waals surface area contributed by atoms with E-state index in [9.17, 15) is 4.79 Å². The van der Waals surface area contributed by atoms with Crippen molar-refractivity contribution in [3.63, 3.8) is 0 Å². The van der Waals surface area contributed by atoms with Crippen LogP contribution >= 0.6 is 0 Å². The molecule has 0 saturated carbocycles.